The molecule has 1 aliphatic heterocycles. The van der Waals surface area contributed by atoms with Crippen molar-refractivity contribution in [2.24, 2.45) is 7.05 Å². The van der Waals surface area contributed by atoms with Gasteiger partial charge in [0, 0.05) is 36.9 Å². The molecule has 5 rings (SSSR count). The minimum atomic E-state index is 0. The Morgan fingerprint density at radius 3 is 2.48 bits per heavy atom. The fraction of sp³-hybridized carbons (Fsp3) is 0.240. The number of halogens is 2. The predicted molar refractivity (Wildman–Crippen MR) is 132 cm³/mol. The lowest BCUT2D eigenvalue weighted by Crippen LogP contribution is -2.24. The molecule has 4 nitrogen and oxygen atoms in total. The summed E-state index contributed by atoms with van der Waals surface area (Å²) < 4.78 is 4.01. The van der Waals surface area contributed by atoms with Gasteiger partial charge in [0.25, 0.3) is 5.56 Å². The van der Waals surface area contributed by atoms with Gasteiger partial charge < -0.3 is 9.88 Å². The van der Waals surface area contributed by atoms with E-state index in [0.29, 0.717) is 0 Å². The van der Waals surface area contributed by atoms with Crippen LogP contribution >= 0.6 is 24.8 Å². The Morgan fingerprint density at radius 2 is 1.71 bits per heavy atom. The Labute approximate surface area is 194 Å². The molecule has 3 heterocycles. The number of hydrogen-bond acceptors (Lipinski definition) is 2. The molecule has 0 atom stereocenters. The molecule has 2 aromatic carbocycles. The Hall–Kier alpha value is -2.53. The number of fused-ring (bicyclic) bond motifs is 3. The first kappa shape index (κ1) is 23.1. The SMILES string of the molecule is Cl.Cl.Cn1c2c(c3ccc(-n4ccc(CCc5ccccc5)cc4=O)cc31)CCNC2. The maximum absolute atomic E-state index is 12.8. The fourth-order valence-corrected chi connectivity index (χ4v) is 4.45. The Balaban J connectivity index is 0.00000136. The van der Waals surface area contributed by atoms with E-state index in [9.17, 15) is 4.79 Å². The van der Waals surface area contributed by atoms with Gasteiger partial charge in [-0.3, -0.25) is 9.36 Å². The van der Waals surface area contributed by atoms with Crippen molar-refractivity contribution in [2.75, 3.05) is 6.54 Å². The third kappa shape index (κ3) is 4.42. The van der Waals surface area contributed by atoms with E-state index in [4.69, 9.17) is 0 Å². The number of pyridine rings is 1. The lowest BCUT2D eigenvalue weighted by atomic mass is 10.0. The Bertz CT molecular complexity index is 1250. The average Bonchev–Trinajstić information content (AvgIpc) is 3.05. The summed E-state index contributed by atoms with van der Waals surface area (Å²) in [4.78, 5) is 12.8. The quantitative estimate of drug-likeness (QED) is 0.488. The number of rotatable bonds is 4. The van der Waals surface area contributed by atoms with Crippen molar-refractivity contribution < 1.29 is 0 Å². The van der Waals surface area contributed by atoms with Crippen LogP contribution in [0.5, 0.6) is 0 Å². The van der Waals surface area contributed by atoms with Crippen molar-refractivity contribution >= 4 is 35.7 Å². The first-order valence-electron chi connectivity index (χ1n) is 10.3. The van der Waals surface area contributed by atoms with Gasteiger partial charge in [0.05, 0.1) is 11.2 Å². The van der Waals surface area contributed by atoms with Crippen LogP contribution in [0.15, 0.2) is 71.7 Å². The first-order valence-corrected chi connectivity index (χ1v) is 10.3. The van der Waals surface area contributed by atoms with E-state index in [2.05, 4.69) is 65.5 Å². The molecule has 31 heavy (non-hydrogen) atoms. The van der Waals surface area contributed by atoms with Crippen LogP contribution in [0.4, 0.5) is 0 Å². The highest BCUT2D eigenvalue weighted by molar-refractivity contribution is 5.87. The average molecular weight is 456 g/mol. The maximum atomic E-state index is 12.8. The minimum absolute atomic E-state index is 0. The van der Waals surface area contributed by atoms with E-state index in [0.717, 1.165) is 43.6 Å². The van der Waals surface area contributed by atoms with E-state index in [-0.39, 0.29) is 30.4 Å². The minimum Gasteiger partial charge on any atom is -0.346 e. The summed E-state index contributed by atoms with van der Waals surface area (Å²) >= 11 is 0. The molecule has 1 aliphatic rings. The summed E-state index contributed by atoms with van der Waals surface area (Å²) in [6.45, 7) is 1.93. The predicted octanol–water partition coefficient (Wildman–Crippen LogP) is 4.60. The standard InChI is InChI=1S/C25H25N3O.2ClH/c1-27-23-16-20(9-10-21(23)22-11-13-26-17-24(22)27)28-14-12-19(15-25(28)29)8-7-18-5-3-2-4-6-18;;/h2-6,9-10,12,14-16,26H,7-8,11,13,17H2,1H3;2*1H. The zero-order chi connectivity index (χ0) is 19.8. The molecule has 0 saturated heterocycles. The molecule has 0 radical (unpaired) electrons. The van der Waals surface area contributed by atoms with Gasteiger partial charge in [-0.05, 0) is 60.7 Å². The van der Waals surface area contributed by atoms with Gasteiger partial charge in [-0.15, -0.1) is 24.8 Å². The van der Waals surface area contributed by atoms with E-state index in [1.165, 1.54) is 27.7 Å². The van der Waals surface area contributed by atoms with Crippen molar-refractivity contribution in [3.05, 3.63) is 99.6 Å². The second-order valence-electron chi connectivity index (χ2n) is 7.84. The summed E-state index contributed by atoms with van der Waals surface area (Å²) in [7, 11) is 2.12. The molecule has 4 aromatic rings. The van der Waals surface area contributed by atoms with Crippen molar-refractivity contribution in [1.82, 2.24) is 14.5 Å². The normalized spacial score (nSPS) is 12.7. The third-order valence-electron chi connectivity index (χ3n) is 6.07. The smallest absolute Gasteiger partial charge is 0.255 e. The lowest BCUT2D eigenvalue weighted by Gasteiger charge is -2.14. The molecular weight excluding hydrogens is 429 g/mol. The molecule has 2 aromatic heterocycles. The fourth-order valence-electron chi connectivity index (χ4n) is 4.45. The van der Waals surface area contributed by atoms with Gasteiger partial charge >= 0.3 is 0 Å². The van der Waals surface area contributed by atoms with Crippen LogP contribution in [-0.2, 0) is 32.9 Å². The number of nitrogens with one attached hydrogen (secondary N) is 1. The highest BCUT2D eigenvalue weighted by Crippen LogP contribution is 2.29. The number of benzene rings is 2. The van der Waals surface area contributed by atoms with Gasteiger partial charge in [-0.1, -0.05) is 36.4 Å². The van der Waals surface area contributed by atoms with Crippen molar-refractivity contribution in [1.29, 1.82) is 0 Å². The van der Waals surface area contributed by atoms with E-state index in [1.54, 1.807) is 10.6 Å². The number of aromatic nitrogens is 2. The number of nitrogens with zero attached hydrogens (tertiary/aromatic N) is 2. The molecule has 0 unspecified atom stereocenters. The van der Waals surface area contributed by atoms with Crippen LogP contribution in [0.25, 0.3) is 16.6 Å². The van der Waals surface area contributed by atoms with Gasteiger partial charge in [0.1, 0.15) is 0 Å². The van der Waals surface area contributed by atoms with E-state index in [1.807, 2.05) is 12.3 Å². The van der Waals surface area contributed by atoms with Crippen LogP contribution < -0.4 is 10.9 Å². The highest BCUT2D eigenvalue weighted by Gasteiger charge is 2.18. The van der Waals surface area contributed by atoms with Crippen LogP contribution in [-0.4, -0.2) is 15.7 Å². The topological polar surface area (TPSA) is 39.0 Å². The molecule has 0 spiro atoms. The van der Waals surface area contributed by atoms with Gasteiger partial charge in [0.2, 0.25) is 0 Å². The maximum Gasteiger partial charge on any atom is 0.255 e. The van der Waals surface area contributed by atoms with Crippen LogP contribution in [0.1, 0.15) is 22.4 Å². The number of hydrogen-bond donors (Lipinski definition) is 1. The molecule has 0 amide bonds. The Morgan fingerprint density at radius 1 is 0.935 bits per heavy atom. The van der Waals surface area contributed by atoms with Crippen LogP contribution in [0.3, 0.4) is 0 Å². The van der Waals surface area contributed by atoms with Gasteiger partial charge in [-0.2, -0.15) is 0 Å². The van der Waals surface area contributed by atoms with Crippen LogP contribution in [0.2, 0.25) is 0 Å². The van der Waals surface area contributed by atoms with Crippen molar-refractivity contribution in [3.8, 4) is 5.69 Å². The van der Waals surface area contributed by atoms with Gasteiger partial charge in [0.15, 0.2) is 0 Å². The van der Waals surface area contributed by atoms with Crippen LogP contribution in [0, 0.1) is 0 Å². The van der Waals surface area contributed by atoms with E-state index >= 15 is 0 Å². The second-order valence-corrected chi connectivity index (χ2v) is 7.84. The molecule has 0 aliphatic carbocycles. The zero-order valence-corrected chi connectivity index (χ0v) is 19.1. The summed E-state index contributed by atoms with van der Waals surface area (Å²) in [6, 6.07) is 20.6. The lowest BCUT2D eigenvalue weighted by molar-refractivity contribution is 0.614. The van der Waals surface area contributed by atoms with Gasteiger partial charge in [-0.25, -0.2) is 0 Å². The summed E-state index contributed by atoms with van der Waals surface area (Å²) in [5, 5.41) is 4.76. The molecule has 162 valence electrons. The summed E-state index contributed by atoms with van der Waals surface area (Å²) in [5.74, 6) is 0. The monoisotopic (exact) mass is 455 g/mol. The largest absolute Gasteiger partial charge is 0.346 e. The second kappa shape index (κ2) is 9.73. The molecular formula is C25H27Cl2N3O. The molecule has 0 saturated carbocycles. The first-order chi connectivity index (χ1) is 14.2. The summed E-state index contributed by atoms with van der Waals surface area (Å²) in [5.41, 5.74) is 7.30. The molecule has 0 bridgehead atoms. The Kier molecular flexibility index (Phi) is 7.26. The molecule has 1 N–H and O–H groups in total. The van der Waals surface area contributed by atoms with E-state index < -0.39 is 0 Å². The van der Waals surface area contributed by atoms with Crippen molar-refractivity contribution in [3.63, 3.8) is 0 Å². The molecule has 6 heteroatoms. The zero-order valence-electron chi connectivity index (χ0n) is 17.5. The third-order valence-corrected chi connectivity index (χ3v) is 6.07. The highest BCUT2D eigenvalue weighted by atomic mass is 35.5. The molecule has 0 fully saturated rings. The van der Waals surface area contributed by atoms with Crippen molar-refractivity contribution in [2.45, 2.75) is 25.8 Å². The number of aryl methyl sites for hydroxylation is 3. The summed E-state index contributed by atoms with van der Waals surface area (Å²) in [6.07, 6.45) is 4.78.